The fourth-order valence-corrected chi connectivity index (χ4v) is 3.67. The van der Waals surface area contributed by atoms with E-state index in [4.69, 9.17) is 9.72 Å². The minimum absolute atomic E-state index is 0.0881. The number of carbonyl (C=O) groups excluding carboxylic acids is 1. The van der Waals surface area contributed by atoms with Gasteiger partial charge in [0.1, 0.15) is 11.3 Å². The Labute approximate surface area is 162 Å². The number of pyridine rings is 1. The number of rotatable bonds is 2. The van der Waals surface area contributed by atoms with Gasteiger partial charge in [0.15, 0.2) is 11.5 Å². The summed E-state index contributed by atoms with van der Waals surface area (Å²) < 4.78 is 7.31. The van der Waals surface area contributed by atoms with Crippen molar-refractivity contribution < 1.29 is 9.53 Å². The predicted molar refractivity (Wildman–Crippen MR) is 106 cm³/mol. The summed E-state index contributed by atoms with van der Waals surface area (Å²) in [7, 11) is 0. The molecule has 1 aliphatic rings. The summed E-state index contributed by atoms with van der Waals surface area (Å²) in [5.41, 5.74) is 6.06. The smallest absolute Gasteiger partial charge is 0.275 e. The lowest BCUT2D eigenvalue weighted by Gasteiger charge is -2.26. The molecular weight excluding hydrogens is 354 g/mol. The quantitative estimate of drug-likeness (QED) is 0.584. The van der Waals surface area contributed by atoms with Crippen molar-refractivity contribution in [3.8, 4) is 11.5 Å². The zero-order chi connectivity index (χ0) is 19.3. The van der Waals surface area contributed by atoms with Gasteiger partial charge in [-0.3, -0.25) is 9.20 Å². The van der Waals surface area contributed by atoms with Crippen molar-refractivity contribution in [2.75, 3.05) is 26.3 Å². The van der Waals surface area contributed by atoms with Gasteiger partial charge in [-0.2, -0.15) is 0 Å². The van der Waals surface area contributed by atoms with Crippen LogP contribution in [0.1, 0.15) is 21.6 Å². The molecular formula is C21H21N5O2. The second kappa shape index (κ2) is 6.45. The Kier molecular flexibility index (Phi) is 3.91. The van der Waals surface area contributed by atoms with Gasteiger partial charge in [-0.05, 0) is 49.2 Å². The lowest BCUT2D eigenvalue weighted by Crippen LogP contribution is -2.41. The zero-order valence-electron chi connectivity index (χ0n) is 15.9. The number of hydrogen-bond acceptors (Lipinski definition) is 4. The van der Waals surface area contributed by atoms with Gasteiger partial charge in [-0.15, -0.1) is 0 Å². The van der Waals surface area contributed by atoms with Gasteiger partial charge in [0.25, 0.3) is 5.91 Å². The molecule has 0 atom stereocenters. The van der Waals surface area contributed by atoms with E-state index >= 15 is 0 Å². The molecule has 7 heteroatoms. The van der Waals surface area contributed by atoms with E-state index in [1.807, 2.05) is 28.8 Å². The lowest BCUT2D eigenvalue weighted by molar-refractivity contribution is 0.0300. The third-order valence-corrected chi connectivity index (χ3v) is 5.35. The molecule has 3 aromatic heterocycles. The van der Waals surface area contributed by atoms with Crippen molar-refractivity contribution in [1.29, 1.82) is 0 Å². The number of nitrogens with one attached hydrogen (secondary N) is 1. The van der Waals surface area contributed by atoms with Gasteiger partial charge in [0, 0.05) is 19.3 Å². The number of amides is 1. The standard InChI is InChI=1S/C21H21N5O2/c1-13-11-15-16(12-14(13)2)23-20(22-15)19-18(21(27)25-7-9-28-10-8-25)24-17-5-3-4-6-26(17)19/h3-6,11-12H,7-10H2,1-2H3,(H,22,23). The Bertz CT molecular complexity index is 1160. The topological polar surface area (TPSA) is 75.5 Å². The molecule has 0 spiro atoms. The molecule has 1 aromatic carbocycles. The average molecular weight is 375 g/mol. The van der Waals surface area contributed by atoms with Crippen LogP contribution in [0.2, 0.25) is 0 Å². The van der Waals surface area contributed by atoms with Crippen LogP contribution < -0.4 is 0 Å². The molecule has 0 saturated carbocycles. The number of aromatic nitrogens is 4. The molecule has 4 aromatic rings. The maximum atomic E-state index is 13.2. The Morgan fingerprint density at radius 1 is 1.11 bits per heavy atom. The zero-order valence-corrected chi connectivity index (χ0v) is 15.9. The van der Waals surface area contributed by atoms with Crippen molar-refractivity contribution in [3.63, 3.8) is 0 Å². The molecule has 0 unspecified atom stereocenters. The molecule has 1 amide bonds. The predicted octanol–water partition coefficient (Wildman–Crippen LogP) is 2.97. The number of benzene rings is 1. The molecule has 28 heavy (non-hydrogen) atoms. The fourth-order valence-electron chi connectivity index (χ4n) is 3.67. The minimum atomic E-state index is -0.0881. The maximum Gasteiger partial charge on any atom is 0.275 e. The number of nitrogens with zero attached hydrogens (tertiary/aromatic N) is 4. The first-order valence-electron chi connectivity index (χ1n) is 9.43. The number of imidazole rings is 2. The third kappa shape index (κ3) is 2.66. The molecule has 5 rings (SSSR count). The number of carbonyl (C=O) groups is 1. The van der Waals surface area contributed by atoms with E-state index in [9.17, 15) is 4.79 Å². The largest absolute Gasteiger partial charge is 0.378 e. The number of fused-ring (bicyclic) bond motifs is 2. The van der Waals surface area contributed by atoms with Crippen LogP contribution in [0.25, 0.3) is 28.2 Å². The number of morpholine rings is 1. The molecule has 0 bridgehead atoms. The Hall–Kier alpha value is -3.19. The first-order valence-corrected chi connectivity index (χ1v) is 9.43. The van der Waals surface area contributed by atoms with Crippen LogP contribution in [0.4, 0.5) is 0 Å². The summed E-state index contributed by atoms with van der Waals surface area (Å²) in [6.07, 6.45) is 1.91. The van der Waals surface area contributed by atoms with Crippen LogP contribution >= 0.6 is 0 Å². The molecule has 0 aliphatic carbocycles. The summed E-state index contributed by atoms with van der Waals surface area (Å²) >= 11 is 0. The van der Waals surface area contributed by atoms with Crippen molar-refractivity contribution in [1.82, 2.24) is 24.3 Å². The number of hydrogen-bond donors (Lipinski definition) is 1. The number of ether oxygens (including phenoxy) is 1. The van der Waals surface area contributed by atoms with Crippen LogP contribution in [-0.2, 0) is 4.74 Å². The van der Waals surface area contributed by atoms with Crippen molar-refractivity contribution in [2.24, 2.45) is 0 Å². The molecule has 7 nitrogen and oxygen atoms in total. The average Bonchev–Trinajstić information content (AvgIpc) is 3.29. The van der Waals surface area contributed by atoms with Crippen molar-refractivity contribution >= 4 is 22.6 Å². The van der Waals surface area contributed by atoms with Crippen LogP contribution in [0, 0.1) is 13.8 Å². The molecule has 142 valence electrons. The van der Waals surface area contributed by atoms with Gasteiger partial charge < -0.3 is 14.6 Å². The lowest BCUT2D eigenvalue weighted by atomic mass is 10.1. The second-order valence-corrected chi connectivity index (χ2v) is 7.18. The van der Waals surface area contributed by atoms with Crippen molar-refractivity contribution in [3.05, 3.63) is 53.3 Å². The maximum absolute atomic E-state index is 13.2. The Morgan fingerprint density at radius 2 is 1.89 bits per heavy atom. The summed E-state index contributed by atoms with van der Waals surface area (Å²) in [6.45, 7) is 6.41. The van der Waals surface area contributed by atoms with Gasteiger partial charge in [-0.25, -0.2) is 9.97 Å². The molecule has 1 fully saturated rings. The van der Waals surface area contributed by atoms with E-state index in [-0.39, 0.29) is 5.91 Å². The van der Waals surface area contributed by atoms with Crippen LogP contribution in [0.3, 0.4) is 0 Å². The first-order chi connectivity index (χ1) is 13.6. The number of aryl methyl sites for hydroxylation is 2. The molecule has 1 aliphatic heterocycles. The van der Waals surface area contributed by atoms with E-state index in [1.165, 1.54) is 11.1 Å². The molecule has 1 N–H and O–H groups in total. The normalized spacial score (nSPS) is 14.9. The SMILES string of the molecule is Cc1cc2nc(-c3c(C(=O)N4CCOCC4)nc4ccccn34)[nH]c2cc1C. The van der Waals surface area contributed by atoms with Crippen LogP contribution in [0.15, 0.2) is 36.5 Å². The highest BCUT2D eigenvalue weighted by atomic mass is 16.5. The summed E-state index contributed by atoms with van der Waals surface area (Å²) in [6, 6.07) is 9.90. The first kappa shape index (κ1) is 16.9. The summed E-state index contributed by atoms with van der Waals surface area (Å²) in [5, 5.41) is 0. The number of aromatic amines is 1. The minimum Gasteiger partial charge on any atom is -0.378 e. The molecule has 4 heterocycles. The molecule has 0 radical (unpaired) electrons. The van der Waals surface area contributed by atoms with E-state index in [2.05, 4.69) is 35.9 Å². The van der Waals surface area contributed by atoms with Crippen LogP contribution in [-0.4, -0.2) is 56.5 Å². The Morgan fingerprint density at radius 3 is 2.71 bits per heavy atom. The summed E-state index contributed by atoms with van der Waals surface area (Å²) in [4.78, 5) is 27.9. The van der Waals surface area contributed by atoms with Gasteiger partial charge in [0.2, 0.25) is 0 Å². The summed E-state index contributed by atoms with van der Waals surface area (Å²) in [5.74, 6) is 0.560. The highest BCUT2D eigenvalue weighted by Crippen LogP contribution is 2.27. The van der Waals surface area contributed by atoms with Gasteiger partial charge in [-0.1, -0.05) is 6.07 Å². The van der Waals surface area contributed by atoms with E-state index in [1.54, 1.807) is 4.90 Å². The number of H-pyrrole nitrogens is 1. The van der Waals surface area contributed by atoms with Crippen LogP contribution in [0.5, 0.6) is 0 Å². The Balaban J connectivity index is 1.70. The van der Waals surface area contributed by atoms with Crippen molar-refractivity contribution in [2.45, 2.75) is 13.8 Å². The second-order valence-electron chi connectivity index (χ2n) is 7.18. The van der Waals surface area contributed by atoms with E-state index < -0.39 is 0 Å². The van der Waals surface area contributed by atoms with E-state index in [0.29, 0.717) is 43.5 Å². The highest BCUT2D eigenvalue weighted by molar-refractivity contribution is 5.99. The van der Waals surface area contributed by atoms with Gasteiger partial charge in [0.05, 0.1) is 24.2 Å². The third-order valence-electron chi connectivity index (χ3n) is 5.35. The van der Waals surface area contributed by atoms with E-state index in [0.717, 1.165) is 16.7 Å². The van der Waals surface area contributed by atoms with Gasteiger partial charge >= 0.3 is 0 Å². The monoisotopic (exact) mass is 375 g/mol. The molecule has 1 saturated heterocycles. The fraction of sp³-hybridized carbons (Fsp3) is 0.286. The highest BCUT2D eigenvalue weighted by Gasteiger charge is 2.27.